The van der Waals surface area contributed by atoms with Crippen LogP contribution in [0, 0.1) is 22.0 Å². The minimum atomic E-state index is -1.14. The van der Waals surface area contributed by atoms with Gasteiger partial charge in [-0.05, 0) is 57.9 Å². The predicted octanol–water partition coefficient (Wildman–Crippen LogP) is 6.12. The Hall–Kier alpha value is -4.21. The van der Waals surface area contributed by atoms with Gasteiger partial charge in [-0.15, -0.1) is 0 Å². The highest BCUT2D eigenvalue weighted by Crippen LogP contribution is 2.35. The van der Waals surface area contributed by atoms with Crippen LogP contribution >= 0.6 is 21.6 Å². The van der Waals surface area contributed by atoms with Gasteiger partial charge in [-0.2, -0.15) is 0 Å². The van der Waals surface area contributed by atoms with E-state index in [9.17, 15) is 34.4 Å². The van der Waals surface area contributed by atoms with E-state index in [1.165, 1.54) is 29.1 Å². The van der Waals surface area contributed by atoms with Gasteiger partial charge in [0, 0.05) is 37.4 Å². The van der Waals surface area contributed by atoms with Crippen LogP contribution in [0.1, 0.15) is 85.1 Å². The van der Waals surface area contributed by atoms with Gasteiger partial charge in [0.25, 0.3) is 0 Å². The summed E-state index contributed by atoms with van der Waals surface area (Å²) in [6, 6.07) is 13.7. The Morgan fingerprint density at radius 3 is 2.35 bits per heavy atom. The summed E-state index contributed by atoms with van der Waals surface area (Å²) in [6.45, 7) is 10.5. The van der Waals surface area contributed by atoms with Gasteiger partial charge in [0.2, 0.25) is 23.6 Å². The molecule has 0 aliphatic heterocycles. The number of fused-ring (bicyclic) bond motifs is 1. The maximum Gasteiger partial charge on any atom is 0.302 e. The van der Waals surface area contributed by atoms with Gasteiger partial charge in [-0.3, -0.25) is 29.3 Å². The van der Waals surface area contributed by atoms with Crippen LogP contribution in [-0.2, 0) is 25.6 Å². The van der Waals surface area contributed by atoms with Gasteiger partial charge >= 0.3 is 5.69 Å². The number of nitrogens with zero attached hydrogens (tertiary/aromatic N) is 2. The first kappa shape index (κ1) is 45.2. The number of carbonyl (C=O) groups is 4. The van der Waals surface area contributed by atoms with E-state index >= 15 is 0 Å². The Kier molecular flexibility index (Phi) is 19.4. The minimum Gasteiger partial charge on any atom is -0.390 e. The summed E-state index contributed by atoms with van der Waals surface area (Å²) in [7, 11) is 2.34. The second kappa shape index (κ2) is 23.7. The first-order valence-corrected chi connectivity index (χ1v) is 21.3. The molecule has 0 spiro atoms. The van der Waals surface area contributed by atoms with Crippen LogP contribution in [0.25, 0.3) is 10.8 Å². The van der Waals surface area contributed by atoms with Crippen molar-refractivity contribution in [2.75, 3.05) is 12.3 Å². The number of nitrogens with one attached hydrogen (secondary N) is 4. The van der Waals surface area contributed by atoms with E-state index < -0.39 is 46.9 Å². The molecule has 13 nitrogen and oxygen atoms in total. The molecule has 300 valence electrons. The number of aliphatic hydroxyl groups is 1. The fourth-order valence-corrected chi connectivity index (χ4v) is 7.89. The van der Waals surface area contributed by atoms with E-state index in [0.29, 0.717) is 37.5 Å². The number of aliphatic hydroxyl groups excluding tert-OH is 1. The molecule has 4 amide bonds. The highest BCUT2D eigenvalue weighted by atomic mass is 33.1. The third-order valence-electron chi connectivity index (χ3n) is 9.19. The van der Waals surface area contributed by atoms with E-state index in [1.54, 1.807) is 0 Å². The monoisotopic (exact) mass is 796 g/mol. The van der Waals surface area contributed by atoms with Crippen molar-refractivity contribution in [3.05, 3.63) is 76.5 Å². The number of hydrogen-bond donors (Lipinski definition) is 5. The number of hydrogen-bond acceptors (Lipinski definition) is 10. The van der Waals surface area contributed by atoms with Crippen molar-refractivity contribution >= 4 is 61.7 Å². The quantitative estimate of drug-likeness (QED) is 0.0305. The van der Waals surface area contributed by atoms with E-state index in [2.05, 4.69) is 26.3 Å². The third kappa shape index (κ3) is 15.5. The molecule has 0 aliphatic carbocycles. The smallest absolute Gasteiger partial charge is 0.302 e. The Bertz CT molecular complexity index is 1720. The number of nitro groups is 1. The molecule has 15 heteroatoms. The summed E-state index contributed by atoms with van der Waals surface area (Å²) in [6.07, 6.45) is 3.40. The largest absolute Gasteiger partial charge is 0.390 e. The lowest BCUT2D eigenvalue weighted by Crippen LogP contribution is -2.57. The lowest BCUT2D eigenvalue weighted by Gasteiger charge is -2.29. The molecular weight excluding hydrogens is 741 g/mol. The van der Waals surface area contributed by atoms with Gasteiger partial charge in [0.15, 0.2) is 5.03 Å². The summed E-state index contributed by atoms with van der Waals surface area (Å²) in [5.74, 6) is -1.01. The zero-order valence-electron chi connectivity index (χ0n) is 32.4. The average molecular weight is 797 g/mol. The summed E-state index contributed by atoms with van der Waals surface area (Å²) in [5.41, 5.74) is 0.720. The fraction of sp³-hybridized carbons (Fsp3) is 0.525. The lowest BCUT2D eigenvalue weighted by atomic mass is 9.96. The number of carbonyl (C=O) groups excluding carboxylic acids is 4. The van der Waals surface area contributed by atoms with Gasteiger partial charge in [0.1, 0.15) is 12.1 Å². The van der Waals surface area contributed by atoms with Crippen molar-refractivity contribution in [2.24, 2.45) is 11.8 Å². The summed E-state index contributed by atoms with van der Waals surface area (Å²) in [4.78, 5) is 68.9. The molecule has 55 heavy (non-hydrogen) atoms. The molecule has 0 aliphatic rings. The molecule has 5 atom stereocenters. The minimum absolute atomic E-state index is 0.0249. The molecule has 1 aromatic heterocycles. The van der Waals surface area contributed by atoms with Crippen LogP contribution in [0.3, 0.4) is 0 Å². The number of unbranched alkanes of at least 4 members (excludes halogenated alkanes) is 1. The summed E-state index contributed by atoms with van der Waals surface area (Å²) < 4.78 is 0. The molecular formula is C40H56N6O7S2. The summed E-state index contributed by atoms with van der Waals surface area (Å²) in [5, 5.41) is 36.2. The van der Waals surface area contributed by atoms with Crippen molar-refractivity contribution < 1.29 is 29.2 Å². The number of aromatic nitrogens is 1. The van der Waals surface area contributed by atoms with Crippen molar-refractivity contribution in [3.63, 3.8) is 0 Å². The van der Waals surface area contributed by atoms with Crippen molar-refractivity contribution in [2.45, 2.75) is 115 Å². The third-order valence-corrected chi connectivity index (χ3v) is 11.5. The predicted molar refractivity (Wildman–Crippen MR) is 219 cm³/mol. The SMILES string of the molecule is CCCC[C@H](NC(=O)[C@H](Cc1cccc2ccccc12)NC(=O)CCSSc1ncccc1[N+](=O)[O-])C(=O)N[C@@H](CC(C)C)[C@@H](O)CC(=O)NCC(C)CC. The highest BCUT2D eigenvalue weighted by Gasteiger charge is 2.31. The first-order valence-electron chi connectivity index (χ1n) is 19.0. The molecule has 0 fully saturated rings. The molecule has 3 aromatic rings. The van der Waals surface area contributed by atoms with Crippen LogP contribution in [0.5, 0.6) is 0 Å². The second-order valence-electron chi connectivity index (χ2n) is 14.2. The van der Waals surface area contributed by atoms with Crippen LogP contribution in [0.2, 0.25) is 0 Å². The Morgan fingerprint density at radius 1 is 0.909 bits per heavy atom. The van der Waals surface area contributed by atoms with Gasteiger partial charge < -0.3 is 26.4 Å². The van der Waals surface area contributed by atoms with Gasteiger partial charge in [-0.25, -0.2) is 4.98 Å². The molecule has 0 bridgehead atoms. The lowest BCUT2D eigenvalue weighted by molar-refractivity contribution is -0.388. The molecule has 1 heterocycles. The van der Waals surface area contributed by atoms with Gasteiger partial charge in [0.05, 0.1) is 23.5 Å². The fourth-order valence-electron chi connectivity index (χ4n) is 5.87. The van der Waals surface area contributed by atoms with Crippen LogP contribution in [-0.4, -0.2) is 75.2 Å². The Labute approximate surface area is 331 Å². The Morgan fingerprint density at radius 2 is 1.64 bits per heavy atom. The van der Waals surface area contributed by atoms with Crippen LogP contribution in [0.15, 0.2) is 65.8 Å². The molecule has 2 aromatic carbocycles. The molecule has 1 unspecified atom stereocenters. The zero-order chi connectivity index (χ0) is 40.3. The highest BCUT2D eigenvalue weighted by molar-refractivity contribution is 8.76. The number of amides is 4. The van der Waals surface area contributed by atoms with E-state index in [0.717, 1.165) is 40.0 Å². The van der Waals surface area contributed by atoms with Gasteiger partial charge in [-0.1, -0.05) is 107 Å². The standard InChI is InChI=1S/C40H56N6O7S2/c1-6-8-17-31(38(50)45-32(22-26(3)4)35(47)24-37(49)42-25-27(5)7-2)44-39(51)33(23-29-15-11-14-28-13-9-10-16-30(28)29)43-36(48)19-21-54-55-40-34(46(52)53)18-12-20-41-40/h9-16,18,20,26-27,31-33,35,47H,6-8,17,19,21-25H2,1-5H3,(H,42,49)(H,43,48)(H,44,51)(H,45,50)/t27?,31-,32-,33-,35-/m0/s1. The van der Waals surface area contributed by atoms with Crippen molar-refractivity contribution in [1.29, 1.82) is 0 Å². The van der Waals surface area contributed by atoms with E-state index in [1.807, 2.05) is 77.1 Å². The molecule has 0 saturated heterocycles. The normalized spacial score (nSPS) is 14.0. The number of rotatable bonds is 24. The molecule has 3 rings (SSSR count). The van der Waals surface area contributed by atoms with Crippen molar-refractivity contribution in [1.82, 2.24) is 26.3 Å². The topological polar surface area (TPSA) is 193 Å². The molecule has 5 N–H and O–H groups in total. The summed E-state index contributed by atoms with van der Waals surface area (Å²) >= 11 is 0. The molecule has 0 radical (unpaired) electrons. The zero-order valence-corrected chi connectivity index (χ0v) is 34.0. The maximum absolute atomic E-state index is 14.1. The Balaban J connectivity index is 1.77. The first-order chi connectivity index (χ1) is 26.3. The van der Waals surface area contributed by atoms with E-state index in [4.69, 9.17) is 0 Å². The number of benzene rings is 2. The molecule has 0 saturated carbocycles. The van der Waals surface area contributed by atoms with Crippen LogP contribution < -0.4 is 21.3 Å². The van der Waals surface area contributed by atoms with Crippen molar-refractivity contribution in [3.8, 4) is 0 Å². The average Bonchev–Trinajstić information content (AvgIpc) is 3.16. The second-order valence-corrected chi connectivity index (χ2v) is 16.6. The maximum atomic E-state index is 14.1. The van der Waals surface area contributed by atoms with E-state index in [-0.39, 0.29) is 41.8 Å². The van der Waals surface area contributed by atoms with Crippen LogP contribution in [0.4, 0.5) is 5.69 Å². The number of pyridine rings is 1.